The third-order valence-corrected chi connectivity index (χ3v) is 7.20. The molecule has 2 heterocycles. The summed E-state index contributed by atoms with van der Waals surface area (Å²) >= 11 is 6.48. The number of nitrogens with one attached hydrogen (secondary N) is 1. The Labute approximate surface area is 227 Å². The molecule has 202 valence electrons. The second-order valence-corrected chi connectivity index (χ2v) is 10.00. The Morgan fingerprint density at radius 1 is 1.08 bits per heavy atom. The number of nitrogens with zero attached hydrogens (tertiary/aromatic N) is 3. The van der Waals surface area contributed by atoms with Crippen molar-refractivity contribution in [2.24, 2.45) is 0 Å². The van der Waals surface area contributed by atoms with Crippen molar-refractivity contribution in [3.05, 3.63) is 89.3 Å². The molecule has 1 saturated heterocycles. The van der Waals surface area contributed by atoms with E-state index in [-0.39, 0.29) is 40.8 Å². The van der Waals surface area contributed by atoms with E-state index in [2.05, 4.69) is 10.3 Å². The van der Waals surface area contributed by atoms with Crippen LogP contribution >= 0.6 is 11.6 Å². The van der Waals surface area contributed by atoms with Gasteiger partial charge in [0.25, 0.3) is 11.8 Å². The zero-order chi connectivity index (χ0) is 27.7. The second kappa shape index (κ2) is 10.7. The molecule has 0 radical (unpaired) electrons. The van der Waals surface area contributed by atoms with Gasteiger partial charge < -0.3 is 5.32 Å². The number of rotatable bonds is 7. The highest BCUT2D eigenvalue weighted by Crippen LogP contribution is 2.39. The Morgan fingerprint density at radius 3 is 2.49 bits per heavy atom. The average Bonchev–Trinajstić information content (AvgIpc) is 3.28. The lowest BCUT2D eigenvalue weighted by atomic mass is 9.87. The molecular weight excluding hydrogens is 533 g/mol. The number of carbonyl (C=O) groups excluding carboxylic acids is 3. The van der Waals surface area contributed by atoms with Gasteiger partial charge >= 0.3 is 0 Å². The van der Waals surface area contributed by atoms with E-state index >= 15 is 0 Å². The minimum absolute atomic E-state index is 0.0410. The minimum atomic E-state index is -2.89. The van der Waals surface area contributed by atoms with Crippen LogP contribution in [-0.2, 0) is 14.4 Å². The monoisotopic (exact) mass is 556 g/mol. The van der Waals surface area contributed by atoms with E-state index in [4.69, 9.17) is 11.6 Å². The Bertz CT molecular complexity index is 1400. The molecule has 3 aromatic rings. The number of pyridine rings is 1. The van der Waals surface area contributed by atoms with Gasteiger partial charge in [-0.05, 0) is 42.8 Å². The molecule has 7 nitrogen and oxygen atoms in total. The number of hydrogen-bond acceptors (Lipinski definition) is 4. The van der Waals surface area contributed by atoms with Crippen molar-refractivity contribution in [3.63, 3.8) is 0 Å². The Balaban J connectivity index is 1.60. The topological polar surface area (TPSA) is 82.6 Å². The van der Waals surface area contributed by atoms with Crippen molar-refractivity contribution in [3.8, 4) is 0 Å². The molecule has 2 aliphatic rings. The summed E-state index contributed by atoms with van der Waals surface area (Å²) in [4.78, 5) is 47.5. The molecule has 2 unspecified atom stereocenters. The summed E-state index contributed by atoms with van der Waals surface area (Å²) in [5.74, 6) is -5.05. The fourth-order valence-corrected chi connectivity index (χ4v) is 5.27. The van der Waals surface area contributed by atoms with Crippen LogP contribution < -0.4 is 15.1 Å². The first-order valence-corrected chi connectivity index (χ1v) is 12.8. The maximum absolute atomic E-state index is 14.5. The van der Waals surface area contributed by atoms with Crippen LogP contribution in [-0.4, -0.2) is 40.7 Å². The van der Waals surface area contributed by atoms with E-state index in [0.29, 0.717) is 0 Å². The van der Waals surface area contributed by atoms with E-state index in [1.807, 2.05) is 0 Å². The van der Waals surface area contributed by atoms with Gasteiger partial charge in [0.1, 0.15) is 23.7 Å². The number of anilines is 2. The molecule has 1 aromatic heterocycles. The first kappa shape index (κ1) is 26.7. The predicted molar refractivity (Wildman–Crippen MR) is 139 cm³/mol. The number of benzene rings is 2. The molecule has 2 fully saturated rings. The summed E-state index contributed by atoms with van der Waals surface area (Å²) in [6, 6.07) is 13.1. The zero-order valence-electron chi connectivity index (χ0n) is 20.6. The molecule has 1 N–H and O–H groups in total. The number of alkyl halides is 2. The van der Waals surface area contributed by atoms with E-state index in [1.165, 1.54) is 41.4 Å². The van der Waals surface area contributed by atoms with Crippen molar-refractivity contribution in [1.29, 1.82) is 0 Å². The third-order valence-electron chi connectivity index (χ3n) is 6.86. The maximum atomic E-state index is 14.5. The number of carbonyl (C=O) groups is 3. The Kier molecular flexibility index (Phi) is 7.31. The molecule has 11 heteroatoms. The van der Waals surface area contributed by atoms with Gasteiger partial charge in [0.15, 0.2) is 0 Å². The number of halogens is 4. The molecule has 0 bridgehead atoms. The quantitative estimate of drug-likeness (QED) is 0.441. The lowest BCUT2D eigenvalue weighted by molar-refractivity contribution is -0.133. The largest absolute Gasteiger partial charge is 0.351 e. The van der Waals surface area contributed by atoms with E-state index < -0.39 is 54.5 Å². The minimum Gasteiger partial charge on any atom is -0.351 e. The maximum Gasteiger partial charge on any atom is 0.252 e. The third kappa shape index (κ3) is 5.47. The van der Waals surface area contributed by atoms with Gasteiger partial charge in [-0.25, -0.2) is 18.2 Å². The smallest absolute Gasteiger partial charge is 0.252 e. The average molecular weight is 557 g/mol. The molecule has 3 amide bonds. The van der Waals surface area contributed by atoms with Crippen molar-refractivity contribution < 1.29 is 27.6 Å². The fourth-order valence-electron chi connectivity index (χ4n) is 5.03. The molecule has 2 atom stereocenters. The summed E-state index contributed by atoms with van der Waals surface area (Å²) in [7, 11) is 0. The lowest BCUT2D eigenvalue weighted by Gasteiger charge is -2.39. The van der Waals surface area contributed by atoms with Crippen molar-refractivity contribution in [1.82, 2.24) is 10.3 Å². The SMILES string of the molecule is O=C(NC1CC(F)(F)C1)C(c1ccccc1Cl)N(C(=O)C1CCC(=O)N1c1ccccn1)c1cccc(F)c1. The van der Waals surface area contributed by atoms with Gasteiger partial charge in [0.2, 0.25) is 11.8 Å². The Morgan fingerprint density at radius 2 is 1.82 bits per heavy atom. The highest BCUT2D eigenvalue weighted by molar-refractivity contribution is 6.31. The fraction of sp³-hybridized carbons (Fsp3) is 0.286. The molecular formula is C28H24ClF3N4O3. The summed E-state index contributed by atoms with van der Waals surface area (Å²) in [6.45, 7) is 0. The van der Waals surface area contributed by atoms with Crippen LogP contribution in [0.2, 0.25) is 5.02 Å². The number of hydrogen-bond donors (Lipinski definition) is 1. The van der Waals surface area contributed by atoms with E-state index in [0.717, 1.165) is 11.0 Å². The highest BCUT2D eigenvalue weighted by Gasteiger charge is 2.48. The molecule has 39 heavy (non-hydrogen) atoms. The summed E-state index contributed by atoms with van der Waals surface area (Å²) in [6.07, 6.45) is 0.607. The van der Waals surface area contributed by atoms with Crippen LogP contribution in [0.4, 0.5) is 24.7 Å². The standard InChI is InChI=1S/C28H24ClF3N4O3/c29-21-9-2-1-8-20(21)25(26(38)34-18-15-28(31,32)16-18)35(19-7-5-6-17(30)14-19)27(39)22-11-12-24(37)36(22)23-10-3-4-13-33-23/h1-10,13-14,18,22,25H,11-12,15-16H2,(H,34,38). The van der Waals surface area contributed by atoms with Crippen molar-refractivity contribution in [2.45, 2.75) is 49.7 Å². The number of aromatic nitrogens is 1. The molecule has 1 saturated carbocycles. The normalized spacial score (nSPS) is 19.3. The van der Waals surface area contributed by atoms with Gasteiger partial charge in [-0.3, -0.25) is 24.2 Å². The molecule has 5 rings (SSSR count). The van der Waals surface area contributed by atoms with E-state index in [1.54, 1.807) is 30.3 Å². The molecule has 0 spiro atoms. The number of amides is 3. The molecule has 2 aromatic carbocycles. The van der Waals surface area contributed by atoms with Crippen LogP contribution in [0, 0.1) is 5.82 Å². The molecule has 1 aliphatic carbocycles. The van der Waals surface area contributed by atoms with Crippen molar-refractivity contribution >= 4 is 40.8 Å². The highest BCUT2D eigenvalue weighted by atomic mass is 35.5. The van der Waals surface area contributed by atoms with Gasteiger partial charge in [-0.1, -0.05) is 41.9 Å². The van der Waals surface area contributed by atoms with Crippen molar-refractivity contribution in [2.75, 3.05) is 9.80 Å². The van der Waals surface area contributed by atoms with Crippen LogP contribution in [0.1, 0.15) is 37.3 Å². The zero-order valence-corrected chi connectivity index (χ0v) is 21.3. The van der Waals surface area contributed by atoms with Gasteiger partial charge in [0, 0.05) is 47.8 Å². The first-order valence-electron chi connectivity index (χ1n) is 12.4. The summed E-state index contributed by atoms with van der Waals surface area (Å²) in [5.41, 5.74) is 0.258. The summed E-state index contributed by atoms with van der Waals surface area (Å²) in [5, 5.41) is 2.75. The second-order valence-electron chi connectivity index (χ2n) is 9.59. The van der Waals surface area contributed by atoms with Crippen LogP contribution in [0.3, 0.4) is 0 Å². The molecule has 1 aliphatic heterocycles. The van der Waals surface area contributed by atoms with Crippen LogP contribution in [0.25, 0.3) is 0 Å². The summed E-state index contributed by atoms with van der Waals surface area (Å²) < 4.78 is 41.5. The van der Waals surface area contributed by atoms with Gasteiger partial charge in [0.05, 0.1) is 0 Å². The van der Waals surface area contributed by atoms with Crippen LogP contribution in [0.15, 0.2) is 72.9 Å². The van der Waals surface area contributed by atoms with Crippen LogP contribution in [0.5, 0.6) is 0 Å². The lowest BCUT2D eigenvalue weighted by Crippen LogP contribution is -2.56. The predicted octanol–water partition coefficient (Wildman–Crippen LogP) is 5.06. The van der Waals surface area contributed by atoms with Gasteiger partial charge in [-0.2, -0.15) is 0 Å². The Hall–Kier alpha value is -3.92. The first-order chi connectivity index (χ1) is 18.6. The van der Waals surface area contributed by atoms with Gasteiger partial charge in [-0.15, -0.1) is 0 Å². The van der Waals surface area contributed by atoms with E-state index in [9.17, 15) is 27.6 Å².